The Bertz CT molecular complexity index is 729. The van der Waals surface area contributed by atoms with Gasteiger partial charge in [-0.3, -0.25) is 4.79 Å². The minimum absolute atomic E-state index is 0.101. The standard InChI is InChI=1S/C15H20ClFN2O5S/c1-19(2)25(21,22)9-10-6-23-7-14(10)18-15(20)8-24-11-3-4-13(17)12(16)5-11/h3-5,10,14H,6-9H2,1-2H3,(H,18,20)/t10-,14+/m0/s1. The summed E-state index contributed by atoms with van der Waals surface area (Å²) in [6.07, 6.45) is 0. The van der Waals surface area contributed by atoms with Gasteiger partial charge in [-0.15, -0.1) is 0 Å². The van der Waals surface area contributed by atoms with E-state index in [0.717, 1.165) is 10.4 Å². The van der Waals surface area contributed by atoms with Crippen molar-refractivity contribution in [3.05, 3.63) is 29.0 Å². The van der Waals surface area contributed by atoms with E-state index >= 15 is 0 Å². The van der Waals surface area contributed by atoms with Crippen molar-refractivity contribution in [2.45, 2.75) is 6.04 Å². The van der Waals surface area contributed by atoms with Crippen LogP contribution < -0.4 is 10.1 Å². The summed E-state index contributed by atoms with van der Waals surface area (Å²) in [7, 11) is -0.476. The van der Waals surface area contributed by atoms with Crippen LogP contribution in [0.15, 0.2) is 18.2 Å². The van der Waals surface area contributed by atoms with Gasteiger partial charge in [0, 0.05) is 26.1 Å². The van der Waals surface area contributed by atoms with E-state index in [9.17, 15) is 17.6 Å². The van der Waals surface area contributed by atoms with Gasteiger partial charge >= 0.3 is 0 Å². The number of ether oxygens (including phenoxy) is 2. The van der Waals surface area contributed by atoms with Gasteiger partial charge in [-0.25, -0.2) is 17.1 Å². The van der Waals surface area contributed by atoms with E-state index in [2.05, 4.69) is 5.32 Å². The van der Waals surface area contributed by atoms with Gasteiger partial charge in [0.25, 0.3) is 5.91 Å². The molecule has 2 rings (SSSR count). The molecule has 0 bridgehead atoms. The molecule has 0 aromatic heterocycles. The molecule has 10 heteroatoms. The Morgan fingerprint density at radius 2 is 2.16 bits per heavy atom. The van der Waals surface area contributed by atoms with Crippen LogP contribution in [0.3, 0.4) is 0 Å². The minimum Gasteiger partial charge on any atom is -0.484 e. The first-order valence-corrected chi connectivity index (χ1v) is 9.53. The lowest BCUT2D eigenvalue weighted by Crippen LogP contribution is -2.45. The second-order valence-corrected chi connectivity index (χ2v) is 8.53. The van der Waals surface area contributed by atoms with Gasteiger partial charge in [0.2, 0.25) is 10.0 Å². The van der Waals surface area contributed by atoms with Gasteiger partial charge in [-0.05, 0) is 12.1 Å². The molecule has 1 aromatic rings. The molecular weight excluding hydrogens is 375 g/mol. The number of rotatable bonds is 7. The average Bonchev–Trinajstić information content (AvgIpc) is 2.94. The van der Waals surface area contributed by atoms with E-state index in [-0.39, 0.29) is 42.3 Å². The predicted octanol–water partition coefficient (Wildman–Crippen LogP) is 0.881. The summed E-state index contributed by atoms with van der Waals surface area (Å²) < 4.78 is 48.7. The third-order valence-corrected chi connectivity index (χ3v) is 6.04. The summed E-state index contributed by atoms with van der Waals surface area (Å²) in [6, 6.07) is 3.36. The first kappa shape index (κ1) is 19.9. The number of carbonyl (C=O) groups is 1. The Balaban J connectivity index is 1.87. The van der Waals surface area contributed by atoms with Crippen LogP contribution in [0.1, 0.15) is 0 Å². The fraction of sp³-hybridized carbons (Fsp3) is 0.533. The highest BCUT2D eigenvalue weighted by molar-refractivity contribution is 7.89. The Morgan fingerprint density at radius 3 is 2.80 bits per heavy atom. The molecule has 1 amide bonds. The minimum atomic E-state index is -3.39. The second kappa shape index (κ2) is 8.31. The lowest BCUT2D eigenvalue weighted by molar-refractivity contribution is -0.124. The molecule has 1 saturated heterocycles. The van der Waals surface area contributed by atoms with E-state index in [1.807, 2.05) is 0 Å². The maximum atomic E-state index is 13.1. The molecule has 0 aliphatic carbocycles. The van der Waals surface area contributed by atoms with Crippen LogP contribution >= 0.6 is 11.6 Å². The number of halogens is 2. The van der Waals surface area contributed by atoms with Crippen LogP contribution in [0, 0.1) is 11.7 Å². The zero-order chi connectivity index (χ0) is 18.6. The Morgan fingerprint density at radius 1 is 1.44 bits per heavy atom. The molecule has 1 N–H and O–H groups in total. The van der Waals surface area contributed by atoms with Gasteiger partial charge in [-0.2, -0.15) is 0 Å². The van der Waals surface area contributed by atoms with Gasteiger partial charge in [0.1, 0.15) is 11.6 Å². The van der Waals surface area contributed by atoms with E-state index in [0.29, 0.717) is 0 Å². The summed E-state index contributed by atoms with van der Waals surface area (Å²) in [6.45, 7) is 0.194. The molecule has 1 aliphatic heterocycles. The van der Waals surface area contributed by atoms with E-state index in [1.54, 1.807) is 0 Å². The van der Waals surface area contributed by atoms with Crippen molar-refractivity contribution in [3.8, 4) is 5.75 Å². The summed E-state index contributed by atoms with van der Waals surface area (Å²) >= 11 is 5.64. The quantitative estimate of drug-likeness (QED) is 0.742. The number of carbonyl (C=O) groups excluding carboxylic acids is 1. The van der Waals surface area contributed by atoms with Crippen LogP contribution in [0.5, 0.6) is 5.75 Å². The fourth-order valence-electron chi connectivity index (χ4n) is 2.31. The molecule has 1 aliphatic rings. The number of hydrogen-bond donors (Lipinski definition) is 1. The molecule has 0 saturated carbocycles. The Labute approximate surface area is 151 Å². The van der Waals surface area contributed by atoms with Gasteiger partial charge in [0.15, 0.2) is 6.61 Å². The lowest BCUT2D eigenvalue weighted by Gasteiger charge is -2.21. The van der Waals surface area contributed by atoms with E-state index in [4.69, 9.17) is 21.1 Å². The van der Waals surface area contributed by atoms with Crippen LogP contribution in [0.25, 0.3) is 0 Å². The van der Waals surface area contributed by atoms with Crippen molar-refractivity contribution in [1.29, 1.82) is 0 Å². The summed E-state index contributed by atoms with van der Waals surface area (Å²) in [5.74, 6) is -1.19. The van der Waals surface area contributed by atoms with Crippen molar-refractivity contribution in [3.63, 3.8) is 0 Å². The molecule has 1 heterocycles. The topological polar surface area (TPSA) is 84.9 Å². The average molecular weight is 395 g/mol. The molecule has 2 atom stereocenters. The highest BCUT2D eigenvalue weighted by Gasteiger charge is 2.34. The second-order valence-electron chi connectivity index (χ2n) is 5.90. The molecule has 0 radical (unpaired) electrons. The van der Waals surface area contributed by atoms with Crippen molar-refractivity contribution >= 4 is 27.5 Å². The number of hydrogen-bond acceptors (Lipinski definition) is 5. The molecule has 140 valence electrons. The molecule has 0 unspecified atom stereocenters. The van der Waals surface area contributed by atoms with Gasteiger partial charge in [-0.1, -0.05) is 11.6 Å². The van der Waals surface area contributed by atoms with Gasteiger partial charge < -0.3 is 14.8 Å². The van der Waals surface area contributed by atoms with E-state index in [1.165, 1.54) is 26.2 Å². The van der Waals surface area contributed by atoms with Crippen molar-refractivity contribution in [2.75, 3.05) is 39.7 Å². The number of nitrogens with zero attached hydrogens (tertiary/aromatic N) is 1. The maximum Gasteiger partial charge on any atom is 0.258 e. The maximum absolute atomic E-state index is 13.1. The number of amides is 1. The first-order valence-electron chi connectivity index (χ1n) is 7.54. The monoisotopic (exact) mass is 394 g/mol. The van der Waals surface area contributed by atoms with Crippen molar-refractivity contribution in [1.82, 2.24) is 9.62 Å². The van der Waals surface area contributed by atoms with Crippen molar-refractivity contribution < 1.29 is 27.1 Å². The normalized spacial score (nSPS) is 20.7. The molecule has 0 spiro atoms. The summed E-state index contributed by atoms with van der Waals surface area (Å²) in [5.41, 5.74) is 0. The molecule has 1 fully saturated rings. The number of sulfonamides is 1. The highest BCUT2D eigenvalue weighted by atomic mass is 35.5. The third-order valence-electron chi connectivity index (χ3n) is 3.79. The van der Waals surface area contributed by atoms with Crippen LogP contribution in [0.4, 0.5) is 4.39 Å². The Kier molecular flexibility index (Phi) is 6.61. The summed E-state index contributed by atoms with van der Waals surface area (Å²) in [5, 5.41) is 2.61. The van der Waals surface area contributed by atoms with Crippen LogP contribution in [-0.4, -0.2) is 64.3 Å². The SMILES string of the molecule is CN(C)S(=O)(=O)C[C@@H]1COC[C@H]1NC(=O)COc1ccc(F)c(Cl)c1. The predicted molar refractivity (Wildman–Crippen MR) is 90.6 cm³/mol. The molecule has 25 heavy (non-hydrogen) atoms. The first-order chi connectivity index (χ1) is 11.7. The Hall–Kier alpha value is -1.42. The largest absolute Gasteiger partial charge is 0.484 e. The highest BCUT2D eigenvalue weighted by Crippen LogP contribution is 2.21. The van der Waals surface area contributed by atoms with Crippen LogP contribution in [-0.2, 0) is 19.6 Å². The van der Waals surface area contributed by atoms with E-state index < -0.39 is 27.8 Å². The van der Waals surface area contributed by atoms with Crippen LogP contribution in [0.2, 0.25) is 5.02 Å². The smallest absolute Gasteiger partial charge is 0.258 e. The zero-order valence-corrected chi connectivity index (χ0v) is 15.4. The number of nitrogens with one attached hydrogen (secondary N) is 1. The lowest BCUT2D eigenvalue weighted by atomic mass is 10.1. The molecule has 7 nitrogen and oxygen atoms in total. The van der Waals surface area contributed by atoms with Gasteiger partial charge in [0.05, 0.1) is 30.0 Å². The fourth-order valence-corrected chi connectivity index (χ4v) is 3.64. The molecular formula is C15H20ClFN2O5S. The summed E-state index contributed by atoms with van der Waals surface area (Å²) in [4.78, 5) is 12.0. The zero-order valence-electron chi connectivity index (χ0n) is 13.9. The number of benzene rings is 1. The molecule has 1 aromatic carbocycles. The van der Waals surface area contributed by atoms with Crippen molar-refractivity contribution in [2.24, 2.45) is 5.92 Å². The third kappa shape index (κ3) is 5.53.